The Labute approximate surface area is 171 Å². The van der Waals surface area contributed by atoms with E-state index in [9.17, 15) is 9.59 Å². The van der Waals surface area contributed by atoms with Crippen LogP contribution in [0.25, 0.3) is 22.0 Å². The zero-order chi connectivity index (χ0) is 19.8. The van der Waals surface area contributed by atoms with E-state index in [2.05, 4.69) is 0 Å². The third-order valence-corrected chi connectivity index (χ3v) is 5.24. The highest BCUT2D eigenvalue weighted by molar-refractivity contribution is 6.31. The molecule has 5 heteroatoms. The van der Waals surface area contributed by atoms with Crippen LogP contribution in [0.5, 0.6) is 0 Å². The largest absolute Gasteiger partial charge is 0.311 e. The SMILES string of the molecule is Cn1c(=O)cc(-c2cccc(Cl)c2)c2cc(C(=O)c3ccc(Cl)cc3)ccc21. The topological polar surface area (TPSA) is 39.1 Å². The summed E-state index contributed by atoms with van der Waals surface area (Å²) in [4.78, 5) is 25.4. The van der Waals surface area contributed by atoms with E-state index in [1.165, 1.54) is 0 Å². The molecule has 3 aromatic carbocycles. The number of hydrogen-bond acceptors (Lipinski definition) is 2. The van der Waals surface area contributed by atoms with E-state index >= 15 is 0 Å². The molecule has 0 bridgehead atoms. The number of ketones is 1. The van der Waals surface area contributed by atoms with Crippen LogP contribution in [0.15, 0.2) is 77.6 Å². The third-order valence-electron chi connectivity index (χ3n) is 4.75. The van der Waals surface area contributed by atoms with Crippen LogP contribution in [-0.4, -0.2) is 10.4 Å². The lowest BCUT2D eigenvalue weighted by Gasteiger charge is -2.12. The van der Waals surface area contributed by atoms with Crippen LogP contribution < -0.4 is 5.56 Å². The van der Waals surface area contributed by atoms with Crippen LogP contribution in [0.2, 0.25) is 10.0 Å². The summed E-state index contributed by atoms with van der Waals surface area (Å²) < 4.78 is 1.57. The Balaban J connectivity index is 1.94. The fraction of sp³-hybridized carbons (Fsp3) is 0.0435. The molecule has 0 radical (unpaired) electrons. The molecular formula is C23H15Cl2NO2. The molecule has 0 aliphatic carbocycles. The molecule has 1 heterocycles. The molecule has 0 N–H and O–H groups in total. The Morgan fingerprint density at radius 3 is 2.25 bits per heavy atom. The van der Waals surface area contributed by atoms with Crippen LogP contribution in [0.4, 0.5) is 0 Å². The predicted molar refractivity (Wildman–Crippen MR) is 115 cm³/mol. The van der Waals surface area contributed by atoms with E-state index in [-0.39, 0.29) is 11.3 Å². The molecule has 0 saturated carbocycles. The summed E-state index contributed by atoms with van der Waals surface area (Å²) >= 11 is 12.1. The number of pyridine rings is 1. The molecule has 4 rings (SSSR count). The molecule has 28 heavy (non-hydrogen) atoms. The second-order valence-corrected chi connectivity index (χ2v) is 7.41. The number of fused-ring (bicyclic) bond motifs is 1. The zero-order valence-electron chi connectivity index (χ0n) is 14.9. The van der Waals surface area contributed by atoms with Gasteiger partial charge in [-0.05, 0) is 65.7 Å². The number of halogens is 2. The quantitative estimate of drug-likeness (QED) is 0.406. The van der Waals surface area contributed by atoms with E-state index in [1.807, 2.05) is 24.3 Å². The Morgan fingerprint density at radius 1 is 0.821 bits per heavy atom. The second kappa shape index (κ2) is 7.27. The Morgan fingerprint density at radius 2 is 1.54 bits per heavy atom. The van der Waals surface area contributed by atoms with Gasteiger partial charge in [0.2, 0.25) is 0 Å². The van der Waals surface area contributed by atoms with Crippen molar-refractivity contribution in [3.63, 3.8) is 0 Å². The fourth-order valence-corrected chi connectivity index (χ4v) is 3.58. The molecule has 0 aliphatic heterocycles. The Bertz CT molecular complexity index is 1270. The second-order valence-electron chi connectivity index (χ2n) is 6.53. The van der Waals surface area contributed by atoms with Crippen molar-refractivity contribution in [1.29, 1.82) is 0 Å². The molecule has 138 valence electrons. The van der Waals surface area contributed by atoms with Crippen molar-refractivity contribution < 1.29 is 4.79 Å². The first-order chi connectivity index (χ1) is 13.4. The lowest BCUT2D eigenvalue weighted by atomic mass is 9.96. The van der Waals surface area contributed by atoms with Gasteiger partial charge in [0.05, 0.1) is 5.52 Å². The van der Waals surface area contributed by atoms with Gasteiger partial charge in [0.25, 0.3) is 5.56 Å². The maximum Gasteiger partial charge on any atom is 0.251 e. The number of hydrogen-bond donors (Lipinski definition) is 0. The van der Waals surface area contributed by atoms with Gasteiger partial charge in [-0.3, -0.25) is 9.59 Å². The van der Waals surface area contributed by atoms with Crippen LogP contribution in [0.3, 0.4) is 0 Å². The number of nitrogens with zero attached hydrogens (tertiary/aromatic N) is 1. The molecule has 0 aliphatic rings. The normalized spacial score (nSPS) is 11.0. The minimum atomic E-state index is -0.126. The van der Waals surface area contributed by atoms with E-state index in [1.54, 1.807) is 60.1 Å². The Kier molecular flexibility index (Phi) is 4.80. The van der Waals surface area contributed by atoms with Crippen LogP contribution in [-0.2, 0) is 7.05 Å². The first-order valence-electron chi connectivity index (χ1n) is 8.64. The molecule has 0 atom stereocenters. The Hall–Kier alpha value is -2.88. The molecule has 3 nitrogen and oxygen atoms in total. The van der Waals surface area contributed by atoms with Crippen molar-refractivity contribution in [3.05, 3.63) is 104 Å². The van der Waals surface area contributed by atoms with Crippen molar-refractivity contribution in [3.8, 4) is 11.1 Å². The van der Waals surface area contributed by atoms with Crippen molar-refractivity contribution in [2.45, 2.75) is 0 Å². The summed E-state index contributed by atoms with van der Waals surface area (Å²) in [5, 5.41) is 1.97. The standard InChI is InChI=1S/C23H15Cl2NO2/c1-26-21-10-7-16(23(28)14-5-8-17(24)9-6-14)12-20(21)19(13-22(26)27)15-3-2-4-18(25)11-15/h2-13H,1H3. The van der Waals surface area contributed by atoms with Gasteiger partial charge < -0.3 is 4.57 Å². The first kappa shape index (κ1) is 18.5. The molecule has 4 aromatic rings. The minimum absolute atomic E-state index is 0.107. The van der Waals surface area contributed by atoms with E-state index in [4.69, 9.17) is 23.2 Å². The summed E-state index contributed by atoms with van der Waals surface area (Å²) in [5.41, 5.74) is 3.28. The lowest BCUT2D eigenvalue weighted by molar-refractivity contribution is 0.103. The van der Waals surface area contributed by atoms with Crippen LogP contribution in [0.1, 0.15) is 15.9 Å². The van der Waals surface area contributed by atoms with Gasteiger partial charge in [0, 0.05) is 39.7 Å². The number of carbonyl (C=O) groups excluding carboxylic acids is 1. The molecule has 0 spiro atoms. The summed E-state index contributed by atoms with van der Waals surface area (Å²) in [5.74, 6) is -0.107. The monoisotopic (exact) mass is 407 g/mol. The molecule has 0 unspecified atom stereocenters. The molecule has 0 saturated heterocycles. The summed E-state index contributed by atoms with van der Waals surface area (Å²) in [7, 11) is 1.72. The lowest BCUT2D eigenvalue weighted by Crippen LogP contribution is -2.16. The summed E-state index contributed by atoms with van der Waals surface area (Å²) in [6, 6.07) is 21.0. The maximum absolute atomic E-state index is 12.9. The molecular weight excluding hydrogens is 393 g/mol. The van der Waals surface area contributed by atoms with Crippen molar-refractivity contribution in [1.82, 2.24) is 4.57 Å². The van der Waals surface area contributed by atoms with Crippen LogP contribution in [0, 0.1) is 0 Å². The zero-order valence-corrected chi connectivity index (χ0v) is 16.5. The van der Waals surface area contributed by atoms with Gasteiger partial charge in [-0.15, -0.1) is 0 Å². The van der Waals surface area contributed by atoms with Crippen molar-refractivity contribution in [2.24, 2.45) is 7.05 Å². The van der Waals surface area contributed by atoms with Gasteiger partial charge in [-0.2, -0.15) is 0 Å². The number of aromatic nitrogens is 1. The number of benzene rings is 3. The van der Waals surface area contributed by atoms with Gasteiger partial charge in [-0.25, -0.2) is 0 Å². The van der Waals surface area contributed by atoms with Gasteiger partial charge in [0.15, 0.2) is 5.78 Å². The van der Waals surface area contributed by atoms with Crippen molar-refractivity contribution in [2.75, 3.05) is 0 Å². The van der Waals surface area contributed by atoms with Gasteiger partial charge >= 0.3 is 0 Å². The highest BCUT2D eigenvalue weighted by Gasteiger charge is 2.14. The first-order valence-corrected chi connectivity index (χ1v) is 9.39. The minimum Gasteiger partial charge on any atom is -0.311 e. The van der Waals surface area contributed by atoms with E-state index in [0.29, 0.717) is 21.2 Å². The van der Waals surface area contributed by atoms with Gasteiger partial charge in [-0.1, -0.05) is 35.3 Å². The predicted octanol–water partition coefficient (Wildman–Crippen LogP) is 5.74. The van der Waals surface area contributed by atoms with E-state index < -0.39 is 0 Å². The number of aryl methyl sites for hydroxylation is 1. The average molecular weight is 408 g/mol. The third kappa shape index (κ3) is 3.35. The molecule has 0 fully saturated rings. The van der Waals surface area contributed by atoms with Crippen molar-refractivity contribution >= 4 is 39.9 Å². The molecule has 0 amide bonds. The highest BCUT2D eigenvalue weighted by atomic mass is 35.5. The van der Waals surface area contributed by atoms with Crippen LogP contribution >= 0.6 is 23.2 Å². The molecule has 1 aromatic heterocycles. The number of rotatable bonds is 3. The van der Waals surface area contributed by atoms with E-state index in [0.717, 1.165) is 22.0 Å². The smallest absolute Gasteiger partial charge is 0.251 e. The van der Waals surface area contributed by atoms with Gasteiger partial charge in [0.1, 0.15) is 0 Å². The maximum atomic E-state index is 12.9. The summed E-state index contributed by atoms with van der Waals surface area (Å²) in [6.45, 7) is 0. The number of carbonyl (C=O) groups is 1. The highest BCUT2D eigenvalue weighted by Crippen LogP contribution is 2.30. The average Bonchev–Trinajstić information content (AvgIpc) is 2.70. The summed E-state index contributed by atoms with van der Waals surface area (Å²) in [6.07, 6.45) is 0. The fourth-order valence-electron chi connectivity index (χ4n) is 3.27.